The normalized spacial score (nSPS) is 10.6. The second kappa shape index (κ2) is 6.18. The third-order valence-electron chi connectivity index (χ3n) is 3.29. The standard InChI is InChI=1S/C16H14ClN5O/c1-10-5-11(2)7-12(6-10)19-16(23)14-4-3-13(8-15(14)17)22-9-18-20-21-22/h3-9H,1-2H3,(H,19,23). The van der Waals surface area contributed by atoms with Crippen LogP contribution in [0.5, 0.6) is 0 Å². The number of nitrogens with one attached hydrogen (secondary N) is 1. The molecule has 3 aromatic rings. The molecule has 0 aliphatic carbocycles. The summed E-state index contributed by atoms with van der Waals surface area (Å²) in [5.74, 6) is -0.261. The van der Waals surface area contributed by atoms with E-state index in [9.17, 15) is 4.79 Å². The zero-order valence-electron chi connectivity index (χ0n) is 12.6. The number of nitrogens with zero attached hydrogens (tertiary/aromatic N) is 4. The van der Waals surface area contributed by atoms with Crippen LogP contribution in [0.25, 0.3) is 5.69 Å². The van der Waals surface area contributed by atoms with E-state index < -0.39 is 0 Å². The van der Waals surface area contributed by atoms with Gasteiger partial charge in [0.2, 0.25) is 0 Å². The lowest BCUT2D eigenvalue weighted by Crippen LogP contribution is -2.13. The van der Waals surface area contributed by atoms with Crippen molar-refractivity contribution in [1.29, 1.82) is 0 Å². The summed E-state index contributed by atoms with van der Waals surface area (Å²) >= 11 is 6.23. The summed E-state index contributed by atoms with van der Waals surface area (Å²) in [5.41, 5.74) is 3.99. The summed E-state index contributed by atoms with van der Waals surface area (Å²) in [6, 6.07) is 10.9. The molecule has 3 rings (SSSR count). The number of aromatic nitrogens is 4. The van der Waals surface area contributed by atoms with Gasteiger partial charge in [0.25, 0.3) is 5.91 Å². The van der Waals surface area contributed by atoms with Crippen molar-refractivity contribution in [2.45, 2.75) is 13.8 Å². The highest BCUT2D eigenvalue weighted by Gasteiger charge is 2.12. The fourth-order valence-electron chi connectivity index (χ4n) is 2.36. The highest BCUT2D eigenvalue weighted by Crippen LogP contribution is 2.22. The van der Waals surface area contributed by atoms with Crippen molar-refractivity contribution in [3.63, 3.8) is 0 Å². The van der Waals surface area contributed by atoms with Crippen LogP contribution in [0.3, 0.4) is 0 Å². The maximum atomic E-state index is 12.4. The van der Waals surface area contributed by atoms with E-state index in [1.807, 2.05) is 32.0 Å². The van der Waals surface area contributed by atoms with Crippen LogP contribution in [0.4, 0.5) is 5.69 Å². The molecule has 6 nitrogen and oxygen atoms in total. The summed E-state index contributed by atoms with van der Waals surface area (Å²) in [5, 5.41) is 14.1. The highest BCUT2D eigenvalue weighted by molar-refractivity contribution is 6.34. The lowest BCUT2D eigenvalue weighted by atomic mass is 10.1. The minimum Gasteiger partial charge on any atom is -0.322 e. The lowest BCUT2D eigenvalue weighted by Gasteiger charge is -2.09. The number of halogens is 1. The van der Waals surface area contributed by atoms with Gasteiger partial charge in [0.1, 0.15) is 6.33 Å². The smallest absolute Gasteiger partial charge is 0.257 e. The number of benzene rings is 2. The third kappa shape index (κ3) is 3.37. The largest absolute Gasteiger partial charge is 0.322 e. The first kappa shape index (κ1) is 15.2. The van der Waals surface area contributed by atoms with Crippen LogP contribution in [0.2, 0.25) is 5.02 Å². The number of aryl methyl sites for hydroxylation is 2. The van der Waals surface area contributed by atoms with Crippen molar-refractivity contribution >= 4 is 23.2 Å². The van der Waals surface area contributed by atoms with Crippen LogP contribution < -0.4 is 5.32 Å². The Labute approximate surface area is 138 Å². The molecule has 0 spiro atoms. The number of anilines is 1. The Morgan fingerprint density at radius 2 is 1.87 bits per heavy atom. The summed E-state index contributed by atoms with van der Waals surface area (Å²) < 4.78 is 1.47. The Balaban J connectivity index is 1.85. The topological polar surface area (TPSA) is 72.7 Å². The molecule has 1 N–H and O–H groups in total. The molecule has 1 heterocycles. The van der Waals surface area contributed by atoms with Crippen molar-refractivity contribution in [3.8, 4) is 5.69 Å². The van der Waals surface area contributed by atoms with Crippen LogP contribution in [0.15, 0.2) is 42.7 Å². The fourth-order valence-corrected chi connectivity index (χ4v) is 2.62. The van der Waals surface area contributed by atoms with Gasteiger partial charge in [-0.2, -0.15) is 0 Å². The van der Waals surface area contributed by atoms with E-state index in [1.165, 1.54) is 11.0 Å². The van der Waals surface area contributed by atoms with E-state index in [-0.39, 0.29) is 5.91 Å². The first-order chi connectivity index (χ1) is 11.0. The monoisotopic (exact) mass is 327 g/mol. The Bertz CT molecular complexity index is 841. The van der Waals surface area contributed by atoms with Crippen LogP contribution >= 0.6 is 11.6 Å². The first-order valence-electron chi connectivity index (χ1n) is 6.95. The van der Waals surface area contributed by atoms with E-state index in [1.54, 1.807) is 18.2 Å². The van der Waals surface area contributed by atoms with Gasteiger partial charge in [0, 0.05) is 5.69 Å². The number of carbonyl (C=O) groups excluding carboxylic acids is 1. The summed E-state index contributed by atoms with van der Waals surface area (Å²) in [7, 11) is 0. The Morgan fingerprint density at radius 3 is 2.48 bits per heavy atom. The molecule has 0 aliphatic rings. The molecule has 116 valence electrons. The van der Waals surface area contributed by atoms with Crippen LogP contribution in [-0.4, -0.2) is 26.1 Å². The van der Waals surface area contributed by atoms with E-state index in [0.717, 1.165) is 16.8 Å². The molecule has 0 bridgehead atoms. The maximum absolute atomic E-state index is 12.4. The zero-order valence-corrected chi connectivity index (χ0v) is 13.4. The van der Waals surface area contributed by atoms with E-state index in [0.29, 0.717) is 16.3 Å². The number of hydrogen-bond acceptors (Lipinski definition) is 4. The number of tetrazole rings is 1. The lowest BCUT2D eigenvalue weighted by molar-refractivity contribution is 0.102. The molecule has 1 amide bonds. The minimum absolute atomic E-state index is 0.261. The van der Waals surface area contributed by atoms with Crippen molar-refractivity contribution in [2.24, 2.45) is 0 Å². The molecule has 0 aliphatic heterocycles. The third-order valence-corrected chi connectivity index (χ3v) is 3.60. The molecule has 23 heavy (non-hydrogen) atoms. The summed E-state index contributed by atoms with van der Waals surface area (Å²) in [6.07, 6.45) is 1.46. The van der Waals surface area contributed by atoms with Gasteiger partial charge < -0.3 is 5.32 Å². The Kier molecular flexibility index (Phi) is 4.08. The zero-order chi connectivity index (χ0) is 16.4. The molecule has 0 atom stereocenters. The number of hydrogen-bond donors (Lipinski definition) is 1. The van der Waals surface area contributed by atoms with Gasteiger partial charge in [-0.15, -0.1) is 5.10 Å². The van der Waals surface area contributed by atoms with Crippen molar-refractivity contribution in [3.05, 3.63) is 64.4 Å². The average Bonchev–Trinajstić information content (AvgIpc) is 2.99. The number of carbonyl (C=O) groups is 1. The Hall–Kier alpha value is -2.73. The van der Waals surface area contributed by atoms with Gasteiger partial charge in [-0.3, -0.25) is 4.79 Å². The Morgan fingerprint density at radius 1 is 1.13 bits per heavy atom. The molecule has 0 radical (unpaired) electrons. The predicted octanol–water partition coefficient (Wildman–Crippen LogP) is 3.18. The van der Waals surface area contributed by atoms with Gasteiger partial charge >= 0.3 is 0 Å². The maximum Gasteiger partial charge on any atom is 0.257 e. The number of amides is 1. The van der Waals surface area contributed by atoms with E-state index in [2.05, 4.69) is 20.8 Å². The average molecular weight is 328 g/mol. The van der Waals surface area contributed by atoms with Crippen molar-refractivity contribution in [1.82, 2.24) is 20.2 Å². The van der Waals surface area contributed by atoms with Crippen LogP contribution in [0.1, 0.15) is 21.5 Å². The first-order valence-corrected chi connectivity index (χ1v) is 7.33. The second-order valence-electron chi connectivity index (χ2n) is 5.25. The minimum atomic E-state index is -0.261. The fraction of sp³-hybridized carbons (Fsp3) is 0.125. The molecule has 7 heteroatoms. The SMILES string of the molecule is Cc1cc(C)cc(NC(=O)c2ccc(-n3cnnn3)cc2Cl)c1. The molecule has 0 unspecified atom stereocenters. The van der Waals surface area contributed by atoms with Gasteiger partial charge in [-0.1, -0.05) is 17.7 Å². The molecule has 0 saturated carbocycles. The highest BCUT2D eigenvalue weighted by atomic mass is 35.5. The molecule has 2 aromatic carbocycles. The molecule has 0 saturated heterocycles. The quantitative estimate of drug-likeness (QED) is 0.802. The molecule has 1 aromatic heterocycles. The van der Waals surface area contributed by atoms with Crippen LogP contribution in [0, 0.1) is 13.8 Å². The van der Waals surface area contributed by atoms with Crippen molar-refractivity contribution < 1.29 is 4.79 Å². The van der Waals surface area contributed by atoms with E-state index in [4.69, 9.17) is 11.6 Å². The van der Waals surface area contributed by atoms with Crippen LogP contribution in [-0.2, 0) is 0 Å². The van der Waals surface area contributed by atoms with Crippen molar-refractivity contribution in [2.75, 3.05) is 5.32 Å². The predicted molar refractivity (Wildman–Crippen MR) is 88.0 cm³/mol. The molecular weight excluding hydrogens is 314 g/mol. The summed E-state index contributed by atoms with van der Waals surface area (Å²) in [4.78, 5) is 12.4. The van der Waals surface area contributed by atoms with E-state index >= 15 is 0 Å². The second-order valence-corrected chi connectivity index (χ2v) is 5.66. The van der Waals surface area contributed by atoms with Gasteiger partial charge in [0.05, 0.1) is 16.3 Å². The molecular formula is C16H14ClN5O. The van der Waals surface area contributed by atoms with Gasteiger partial charge in [-0.05, 0) is 65.7 Å². The van der Waals surface area contributed by atoms with Gasteiger partial charge in [0.15, 0.2) is 0 Å². The van der Waals surface area contributed by atoms with Gasteiger partial charge in [-0.25, -0.2) is 4.68 Å². The molecule has 0 fully saturated rings. The number of rotatable bonds is 3. The summed E-state index contributed by atoms with van der Waals surface area (Å²) in [6.45, 7) is 3.97.